The minimum absolute atomic E-state index is 0.0486. The first-order valence-corrected chi connectivity index (χ1v) is 8.49. The molecule has 1 aliphatic rings. The SMILES string of the molecule is CC(C)CC1CN(Cc2ccc(Br)cc2F)C(C)(C)CN1. The van der Waals surface area contributed by atoms with Gasteiger partial charge in [-0.3, -0.25) is 4.90 Å². The summed E-state index contributed by atoms with van der Waals surface area (Å²) in [5, 5.41) is 3.64. The van der Waals surface area contributed by atoms with Crippen LogP contribution >= 0.6 is 15.9 Å². The molecule has 2 rings (SSSR count). The van der Waals surface area contributed by atoms with Crippen molar-refractivity contribution in [2.45, 2.75) is 52.2 Å². The summed E-state index contributed by atoms with van der Waals surface area (Å²) in [6.07, 6.45) is 1.16. The average Bonchev–Trinajstić information content (AvgIpc) is 2.36. The van der Waals surface area contributed by atoms with Crippen molar-refractivity contribution in [3.8, 4) is 0 Å². The van der Waals surface area contributed by atoms with Gasteiger partial charge in [0.25, 0.3) is 0 Å². The highest BCUT2D eigenvalue weighted by Crippen LogP contribution is 2.25. The number of nitrogens with one attached hydrogen (secondary N) is 1. The predicted molar refractivity (Wildman–Crippen MR) is 89.8 cm³/mol. The van der Waals surface area contributed by atoms with E-state index in [1.807, 2.05) is 12.1 Å². The van der Waals surface area contributed by atoms with Gasteiger partial charge in [-0.2, -0.15) is 0 Å². The lowest BCUT2D eigenvalue weighted by Crippen LogP contribution is -2.61. The molecule has 1 unspecified atom stereocenters. The highest BCUT2D eigenvalue weighted by atomic mass is 79.9. The van der Waals surface area contributed by atoms with Crippen molar-refractivity contribution in [2.75, 3.05) is 13.1 Å². The monoisotopic (exact) mass is 356 g/mol. The molecule has 0 radical (unpaired) electrons. The Hall–Kier alpha value is -0.450. The Bertz CT molecular complexity index is 488. The van der Waals surface area contributed by atoms with Gasteiger partial charge >= 0.3 is 0 Å². The summed E-state index contributed by atoms with van der Waals surface area (Å²) in [5.74, 6) is 0.550. The highest BCUT2D eigenvalue weighted by Gasteiger charge is 2.34. The van der Waals surface area contributed by atoms with Crippen molar-refractivity contribution in [2.24, 2.45) is 5.92 Å². The van der Waals surface area contributed by atoms with Gasteiger partial charge in [-0.25, -0.2) is 4.39 Å². The number of benzene rings is 1. The maximum Gasteiger partial charge on any atom is 0.128 e. The quantitative estimate of drug-likeness (QED) is 0.869. The highest BCUT2D eigenvalue weighted by molar-refractivity contribution is 9.10. The van der Waals surface area contributed by atoms with Gasteiger partial charge in [-0.15, -0.1) is 0 Å². The van der Waals surface area contributed by atoms with E-state index in [-0.39, 0.29) is 11.4 Å². The molecule has 0 amide bonds. The minimum atomic E-state index is -0.126. The third-order valence-electron chi connectivity index (χ3n) is 4.25. The molecule has 0 spiro atoms. The van der Waals surface area contributed by atoms with Crippen LogP contribution in [0.25, 0.3) is 0 Å². The van der Waals surface area contributed by atoms with Crippen LogP contribution in [-0.4, -0.2) is 29.6 Å². The molecule has 2 nitrogen and oxygen atoms in total. The van der Waals surface area contributed by atoms with Crippen LogP contribution in [0.2, 0.25) is 0 Å². The van der Waals surface area contributed by atoms with E-state index in [4.69, 9.17) is 0 Å². The first-order valence-electron chi connectivity index (χ1n) is 7.70. The first kappa shape index (κ1) is 16.9. The number of rotatable bonds is 4. The van der Waals surface area contributed by atoms with E-state index in [9.17, 15) is 4.39 Å². The maximum atomic E-state index is 14.1. The van der Waals surface area contributed by atoms with E-state index in [0.29, 0.717) is 18.5 Å². The lowest BCUT2D eigenvalue weighted by atomic mass is 9.93. The van der Waals surface area contributed by atoms with Crippen LogP contribution in [0, 0.1) is 11.7 Å². The van der Waals surface area contributed by atoms with Crippen molar-refractivity contribution in [1.82, 2.24) is 10.2 Å². The summed E-state index contributed by atoms with van der Waals surface area (Å²) >= 11 is 3.32. The van der Waals surface area contributed by atoms with Gasteiger partial charge in [0.1, 0.15) is 5.82 Å². The third-order valence-corrected chi connectivity index (χ3v) is 4.75. The van der Waals surface area contributed by atoms with Crippen molar-refractivity contribution in [3.05, 3.63) is 34.1 Å². The molecule has 21 heavy (non-hydrogen) atoms. The minimum Gasteiger partial charge on any atom is -0.311 e. The van der Waals surface area contributed by atoms with Crippen molar-refractivity contribution in [1.29, 1.82) is 0 Å². The van der Waals surface area contributed by atoms with Gasteiger partial charge in [-0.05, 0) is 38.3 Å². The van der Waals surface area contributed by atoms with Crippen LogP contribution in [0.5, 0.6) is 0 Å². The Morgan fingerprint density at radius 2 is 2.14 bits per heavy atom. The van der Waals surface area contributed by atoms with Crippen LogP contribution in [0.15, 0.2) is 22.7 Å². The van der Waals surface area contributed by atoms with Gasteiger partial charge in [0, 0.05) is 41.3 Å². The summed E-state index contributed by atoms with van der Waals surface area (Å²) in [5.41, 5.74) is 0.823. The molecule has 1 heterocycles. The number of halogens is 2. The van der Waals surface area contributed by atoms with Crippen molar-refractivity contribution < 1.29 is 4.39 Å². The molecule has 1 aromatic carbocycles. The standard InChI is InChI=1S/C17H26BrFN2/c1-12(2)7-15-10-21(17(3,4)11-20-15)9-13-5-6-14(18)8-16(13)19/h5-6,8,12,15,20H,7,9-11H2,1-4H3. The third kappa shape index (κ3) is 4.51. The Morgan fingerprint density at radius 1 is 1.43 bits per heavy atom. The molecular formula is C17H26BrFN2. The summed E-state index contributed by atoms with van der Waals surface area (Å²) in [6, 6.07) is 5.85. The largest absolute Gasteiger partial charge is 0.311 e. The smallest absolute Gasteiger partial charge is 0.128 e. The molecule has 0 aliphatic carbocycles. The first-order chi connectivity index (χ1) is 9.78. The van der Waals surface area contributed by atoms with Crippen LogP contribution in [0.3, 0.4) is 0 Å². The fourth-order valence-corrected chi connectivity index (χ4v) is 3.28. The number of piperazine rings is 1. The fraction of sp³-hybridized carbons (Fsp3) is 0.647. The van der Waals surface area contributed by atoms with Crippen molar-refractivity contribution >= 4 is 15.9 Å². The Balaban J connectivity index is 2.10. The van der Waals surface area contributed by atoms with Crippen LogP contribution in [0.4, 0.5) is 4.39 Å². The Kier molecular flexibility index (Phi) is 5.44. The maximum absolute atomic E-state index is 14.1. The van der Waals surface area contributed by atoms with Crippen molar-refractivity contribution in [3.63, 3.8) is 0 Å². The normalized spacial score (nSPS) is 22.7. The summed E-state index contributed by atoms with van der Waals surface area (Å²) in [4.78, 5) is 2.41. The molecule has 0 aromatic heterocycles. The van der Waals surface area contributed by atoms with E-state index in [0.717, 1.165) is 29.5 Å². The lowest BCUT2D eigenvalue weighted by molar-refractivity contribution is 0.0526. The number of hydrogen-bond acceptors (Lipinski definition) is 2. The molecule has 0 saturated carbocycles. The molecule has 1 N–H and O–H groups in total. The molecule has 118 valence electrons. The molecule has 1 fully saturated rings. The molecule has 1 aliphatic heterocycles. The molecule has 1 atom stereocenters. The van der Waals surface area contributed by atoms with Crippen LogP contribution in [0.1, 0.15) is 39.7 Å². The van der Waals surface area contributed by atoms with Crippen LogP contribution < -0.4 is 5.32 Å². The molecule has 0 bridgehead atoms. The molecular weight excluding hydrogens is 331 g/mol. The topological polar surface area (TPSA) is 15.3 Å². The molecule has 1 aromatic rings. The molecule has 4 heteroatoms. The van der Waals surface area contributed by atoms with E-state index in [1.54, 1.807) is 6.07 Å². The van der Waals surface area contributed by atoms with Gasteiger partial charge in [0.05, 0.1) is 0 Å². The van der Waals surface area contributed by atoms with E-state index >= 15 is 0 Å². The fourth-order valence-electron chi connectivity index (χ4n) is 2.94. The van der Waals surface area contributed by atoms with Crippen LogP contribution in [-0.2, 0) is 6.54 Å². The Morgan fingerprint density at radius 3 is 2.76 bits per heavy atom. The van der Waals surface area contributed by atoms with Gasteiger partial charge in [0.15, 0.2) is 0 Å². The number of nitrogens with zero attached hydrogens (tertiary/aromatic N) is 1. The van der Waals surface area contributed by atoms with Gasteiger partial charge in [-0.1, -0.05) is 35.8 Å². The second-order valence-electron chi connectivity index (χ2n) is 7.14. The number of hydrogen-bond donors (Lipinski definition) is 1. The van der Waals surface area contributed by atoms with Gasteiger partial charge < -0.3 is 5.32 Å². The summed E-state index contributed by atoms with van der Waals surface area (Å²) in [7, 11) is 0. The second-order valence-corrected chi connectivity index (χ2v) is 8.05. The Labute approximate surface area is 136 Å². The predicted octanol–water partition coefficient (Wildman–Crippen LogP) is 4.19. The summed E-state index contributed by atoms with van der Waals surface area (Å²) in [6.45, 7) is 11.5. The zero-order chi connectivity index (χ0) is 15.6. The van der Waals surface area contributed by atoms with E-state index < -0.39 is 0 Å². The van der Waals surface area contributed by atoms with E-state index in [2.05, 4.69) is 53.8 Å². The zero-order valence-electron chi connectivity index (χ0n) is 13.4. The molecule has 1 saturated heterocycles. The van der Waals surface area contributed by atoms with E-state index in [1.165, 1.54) is 0 Å². The summed E-state index contributed by atoms with van der Waals surface area (Å²) < 4.78 is 14.9. The second kappa shape index (κ2) is 6.76. The average molecular weight is 357 g/mol. The lowest BCUT2D eigenvalue weighted by Gasteiger charge is -2.46. The zero-order valence-corrected chi connectivity index (χ0v) is 15.0. The van der Waals surface area contributed by atoms with Gasteiger partial charge in [0.2, 0.25) is 0 Å².